The van der Waals surface area contributed by atoms with E-state index in [4.69, 9.17) is 14.2 Å². The molecule has 0 unspecified atom stereocenters. The van der Waals surface area contributed by atoms with Gasteiger partial charge in [-0.25, -0.2) is 0 Å². The van der Waals surface area contributed by atoms with Crippen molar-refractivity contribution in [3.63, 3.8) is 0 Å². The van der Waals surface area contributed by atoms with E-state index in [9.17, 15) is 9.90 Å². The largest absolute Gasteiger partial charge is 0.457 e. The van der Waals surface area contributed by atoms with E-state index in [0.29, 0.717) is 0 Å². The van der Waals surface area contributed by atoms with Crippen molar-refractivity contribution >= 4 is 17.7 Å². The van der Waals surface area contributed by atoms with Crippen LogP contribution >= 0.6 is 11.8 Å². The number of hydrogen-bond donors (Lipinski definition) is 1. The number of carbonyl (C=O) groups is 1. The van der Waals surface area contributed by atoms with Crippen LogP contribution in [0.2, 0.25) is 0 Å². The van der Waals surface area contributed by atoms with Crippen LogP contribution in [0.5, 0.6) is 0 Å². The lowest BCUT2D eigenvalue weighted by Gasteiger charge is -2.42. The fraction of sp³-hybridized carbons (Fsp3) is 0.909. The van der Waals surface area contributed by atoms with E-state index in [1.54, 1.807) is 18.7 Å². The first-order chi connectivity index (χ1) is 8.01. The average molecular weight is 264 g/mol. The highest BCUT2D eigenvalue weighted by Crippen LogP contribution is 2.31. The minimum absolute atomic E-state index is 0.234. The lowest BCUT2D eigenvalue weighted by atomic mass is 10.0. The molecule has 0 aromatic carbocycles. The van der Waals surface area contributed by atoms with Gasteiger partial charge in [0, 0.05) is 14.0 Å². The van der Waals surface area contributed by atoms with Crippen molar-refractivity contribution in [2.75, 3.05) is 12.9 Å². The minimum Gasteiger partial charge on any atom is -0.457 e. The lowest BCUT2D eigenvalue weighted by Crippen LogP contribution is -2.57. The van der Waals surface area contributed by atoms with Crippen LogP contribution in [0, 0.1) is 0 Å². The van der Waals surface area contributed by atoms with Crippen LogP contribution in [0.25, 0.3) is 0 Å². The van der Waals surface area contributed by atoms with Crippen LogP contribution in [0.1, 0.15) is 20.8 Å². The second kappa shape index (κ2) is 6.58. The number of carbonyl (C=O) groups excluding carboxylic acids is 1. The number of ether oxygens (including phenoxy) is 3. The molecule has 1 rings (SSSR count). The number of methoxy groups -OCH3 is 1. The summed E-state index contributed by atoms with van der Waals surface area (Å²) in [5.41, 5.74) is -0.234. The van der Waals surface area contributed by atoms with Gasteiger partial charge in [-0.15, -0.1) is 11.8 Å². The number of thioether (sulfide) groups is 1. The summed E-state index contributed by atoms with van der Waals surface area (Å²) in [7, 11) is 1.52. The van der Waals surface area contributed by atoms with Crippen LogP contribution in [0.3, 0.4) is 0 Å². The van der Waals surface area contributed by atoms with Crippen LogP contribution in [0.15, 0.2) is 0 Å². The molecule has 0 amide bonds. The topological polar surface area (TPSA) is 65.0 Å². The predicted octanol–water partition coefficient (Wildman–Crippen LogP) is 0.792. The molecule has 100 valence electrons. The van der Waals surface area contributed by atoms with Gasteiger partial charge in [0.15, 0.2) is 6.10 Å². The van der Waals surface area contributed by atoms with Crippen molar-refractivity contribution in [3.05, 3.63) is 0 Å². The molecule has 0 aromatic heterocycles. The standard InChI is InChI=1S/C11H20O5S/c1-5-17-11-10(14-4)8(13)9(6(2)15-11)16-7(3)12/h6,8-11,13H,5H2,1-4H3/t6-,8+,9+,10-,11+/m0/s1. The molecule has 1 N–H and O–H groups in total. The third kappa shape index (κ3) is 3.58. The summed E-state index contributed by atoms with van der Waals surface area (Å²) >= 11 is 1.57. The quantitative estimate of drug-likeness (QED) is 0.757. The molecule has 0 radical (unpaired) electrons. The van der Waals surface area contributed by atoms with Gasteiger partial charge >= 0.3 is 5.97 Å². The number of hydrogen-bond acceptors (Lipinski definition) is 6. The molecule has 1 heterocycles. The molecule has 1 aliphatic rings. The number of aliphatic hydroxyl groups is 1. The van der Waals surface area contributed by atoms with Crippen molar-refractivity contribution in [1.29, 1.82) is 0 Å². The summed E-state index contributed by atoms with van der Waals surface area (Å²) in [5.74, 6) is 0.434. The summed E-state index contributed by atoms with van der Waals surface area (Å²) < 4.78 is 16.0. The van der Waals surface area contributed by atoms with Gasteiger partial charge < -0.3 is 19.3 Å². The van der Waals surface area contributed by atoms with E-state index >= 15 is 0 Å². The summed E-state index contributed by atoms with van der Waals surface area (Å²) in [4.78, 5) is 11.0. The van der Waals surface area contributed by atoms with E-state index in [1.165, 1.54) is 14.0 Å². The van der Waals surface area contributed by atoms with Crippen LogP contribution in [0.4, 0.5) is 0 Å². The van der Waals surface area contributed by atoms with Crippen molar-refractivity contribution < 1.29 is 24.1 Å². The Kier molecular flexibility index (Phi) is 5.72. The average Bonchev–Trinajstić information content (AvgIpc) is 2.24. The third-order valence-corrected chi connectivity index (χ3v) is 3.70. The SMILES string of the molecule is CCS[C@H]1O[C@@H](C)[C@@H](OC(C)=O)[C@@H](O)[C@@H]1OC. The second-order valence-electron chi connectivity index (χ2n) is 3.93. The molecule has 0 saturated carbocycles. The van der Waals surface area contributed by atoms with Crippen molar-refractivity contribution in [2.45, 2.75) is 50.6 Å². The Morgan fingerprint density at radius 1 is 1.47 bits per heavy atom. The van der Waals surface area contributed by atoms with Gasteiger partial charge in [-0.2, -0.15) is 0 Å². The highest BCUT2D eigenvalue weighted by Gasteiger charge is 2.45. The number of rotatable bonds is 4. The molecule has 1 fully saturated rings. The first-order valence-electron chi connectivity index (χ1n) is 5.66. The molecule has 5 atom stereocenters. The van der Waals surface area contributed by atoms with Gasteiger partial charge in [0.05, 0.1) is 6.10 Å². The van der Waals surface area contributed by atoms with Crippen LogP contribution in [-0.2, 0) is 19.0 Å². The van der Waals surface area contributed by atoms with Gasteiger partial charge in [0.1, 0.15) is 17.6 Å². The second-order valence-corrected chi connectivity index (χ2v) is 5.31. The zero-order valence-corrected chi connectivity index (χ0v) is 11.4. The zero-order chi connectivity index (χ0) is 13.0. The van der Waals surface area contributed by atoms with Gasteiger partial charge in [-0.3, -0.25) is 4.79 Å². The lowest BCUT2D eigenvalue weighted by molar-refractivity contribution is -0.215. The first kappa shape index (κ1) is 14.8. The summed E-state index contributed by atoms with van der Waals surface area (Å²) in [5, 5.41) is 10.1. The molecular weight excluding hydrogens is 244 g/mol. The normalized spacial score (nSPS) is 37.8. The van der Waals surface area contributed by atoms with E-state index in [0.717, 1.165) is 5.75 Å². The third-order valence-electron chi connectivity index (χ3n) is 2.66. The van der Waals surface area contributed by atoms with Crippen LogP contribution < -0.4 is 0 Å². The van der Waals surface area contributed by atoms with Gasteiger partial charge in [0.2, 0.25) is 0 Å². The predicted molar refractivity (Wildman–Crippen MR) is 64.8 cm³/mol. The van der Waals surface area contributed by atoms with Gasteiger partial charge in [0.25, 0.3) is 0 Å². The Labute approximate surface area is 106 Å². The Hall–Kier alpha value is -0.300. The molecule has 1 aliphatic heterocycles. The maximum Gasteiger partial charge on any atom is 0.303 e. The van der Waals surface area contributed by atoms with Gasteiger partial charge in [-0.05, 0) is 12.7 Å². The van der Waals surface area contributed by atoms with E-state index < -0.39 is 24.3 Å². The van der Waals surface area contributed by atoms with Crippen molar-refractivity contribution in [1.82, 2.24) is 0 Å². The first-order valence-corrected chi connectivity index (χ1v) is 6.71. The van der Waals surface area contributed by atoms with E-state index in [1.807, 2.05) is 6.92 Å². The molecule has 0 bridgehead atoms. The Morgan fingerprint density at radius 2 is 2.12 bits per heavy atom. The Morgan fingerprint density at radius 3 is 2.59 bits per heavy atom. The monoisotopic (exact) mass is 264 g/mol. The smallest absolute Gasteiger partial charge is 0.303 e. The fourth-order valence-corrected chi connectivity index (χ4v) is 2.94. The summed E-state index contributed by atoms with van der Waals surface area (Å²) in [6, 6.07) is 0. The number of aliphatic hydroxyl groups excluding tert-OH is 1. The molecule has 1 saturated heterocycles. The molecule has 5 nitrogen and oxygen atoms in total. The molecule has 0 aliphatic carbocycles. The Balaban J connectivity index is 2.75. The highest BCUT2D eigenvalue weighted by molar-refractivity contribution is 7.99. The minimum atomic E-state index is -0.864. The molecule has 0 spiro atoms. The van der Waals surface area contributed by atoms with E-state index in [2.05, 4.69) is 0 Å². The van der Waals surface area contributed by atoms with Crippen molar-refractivity contribution in [3.8, 4) is 0 Å². The summed E-state index contributed by atoms with van der Waals surface area (Å²) in [6.45, 7) is 5.11. The number of esters is 1. The summed E-state index contributed by atoms with van der Waals surface area (Å²) in [6.07, 6.45) is -2.37. The van der Waals surface area contributed by atoms with Crippen LogP contribution in [-0.4, -0.2) is 53.8 Å². The zero-order valence-electron chi connectivity index (χ0n) is 10.6. The molecule has 0 aromatic rings. The maximum atomic E-state index is 11.0. The molecule has 17 heavy (non-hydrogen) atoms. The van der Waals surface area contributed by atoms with E-state index in [-0.39, 0.29) is 11.5 Å². The Bertz CT molecular complexity index is 260. The van der Waals surface area contributed by atoms with Crippen molar-refractivity contribution in [2.24, 2.45) is 0 Å². The fourth-order valence-electron chi connectivity index (χ4n) is 1.90. The molecule has 6 heteroatoms. The maximum absolute atomic E-state index is 11.0. The molecular formula is C11H20O5S. The highest BCUT2D eigenvalue weighted by atomic mass is 32.2. The van der Waals surface area contributed by atoms with Gasteiger partial charge in [-0.1, -0.05) is 6.92 Å².